The number of aliphatic hydroxyl groups excluding tert-OH is 1. The predicted octanol–water partition coefficient (Wildman–Crippen LogP) is 3.12. The number of rotatable bonds is 3. The lowest BCUT2D eigenvalue weighted by Crippen LogP contribution is -2.60. The van der Waals surface area contributed by atoms with Crippen LogP contribution in [0.25, 0.3) is 0 Å². The highest BCUT2D eigenvalue weighted by Gasteiger charge is 2.58. The minimum absolute atomic E-state index is 0.000266. The van der Waals surface area contributed by atoms with Gasteiger partial charge in [0.25, 0.3) is 0 Å². The number of ether oxygens (including phenoxy) is 1. The van der Waals surface area contributed by atoms with Gasteiger partial charge in [0.05, 0.1) is 11.7 Å². The quantitative estimate of drug-likeness (QED) is 0.888. The second-order valence-electron chi connectivity index (χ2n) is 6.42. The number of aryl methyl sites for hydroxylation is 1. The lowest BCUT2D eigenvalue weighted by Gasteiger charge is -2.60. The van der Waals surface area contributed by atoms with Gasteiger partial charge in [0.15, 0.2) is 0 Å². The van der Waals surface area contributed by atoms with Gasteiger partial charge in [0.2, 0.25) is 0 Å². The van der Waals surface area contributed by atoms with Crippen molar-refractivity contribution < 1.29 is 9.84 Å². The molecule has 0 aromatic heterocycles. The fraction of sp³-hybridized carbons (Fsp3) is 0.625. The van der Waals surface area contributed by atoms with Crippen LogP contribution in [0.1, 0.15) is 56.4 Å². The Morgan fingerprint density at radius 1 is 1.33 bits per heavy atom. The summed E-state index contributed by atoms with van der Waals surface area (Å²) in [6.45, 7) is 7.07. The van der Waals surface area contributed by atoms with Gasteiger partial charge in [-0.05, 0) is 36.5 Å². The van der Waals surface area contributed by atoms with E-state index in [0.717, 1.165) is 19.3 Å². The molecule has 98 valence electrons. The molecule has 2 unspecified atom stereocenters. The van der Waals surface area contributed by atoms with Gasteiger partial charge in [-0.15, -0.1) is 0 Å². The summed E-state index contributed by atoms with van der Waals surface area (Å²) in [6.07, 6.45) is 3.26. The fourth-order valence-corrected chi connectivity index (χ4v) is 3.38. The third kappa shape index (κ3) is 1.49. The Balaban J connectivity index is 2.00. The first-order valence-electron chi connectivity index (χ1n) is 6.90. The van der Waals surface area contributed by atoms with Gasteiger partial charge >= 0.3 is 0 Å². The fourth-order valence-electron chi connectivity index (χ4n) is 3.38. The van der Waals surface area contributed by atoms with Gasteiger partial charge in [0.1, 0.15) is 0 Å². The average molecular weight is 246 g/mol. The standard InChI is InChI=1S/C16H22O2/c1-15(2)13-9-11(5-4-8-17)6-7-12(13)14-10-16(15,3)18-14/h6-7,9,14,17H,4-5,8,10H2,1-3H3. The largest absolute Gasteiger partial charge is 0.396 e. The Kier molecular flexibility index (Phi) is 2.58. The van der Waals surface area contributed by atoms with Crippen LogP contribution >= 0.6 is 0 Å². The maximum atomic E-state index is 8.94. The summed E-state index contributed by atoms with van der Waals surface area (Å²) < 4.78 is 6.09. The van der Waals surface area contributed by atoms with E-state index in [4.69, 9.17) is 9.84 Å². The Labute approximate surface area is 109 Å². The first-order chi connectivity index (χ1) is 8.48. The molecule has 1 aliphatic carbocycles. The molecule has 2 bridgehead atoms. The third-order valence-electron chi connectivity index (χ3n) is 5.06. The second kappa shape index (κ2) is 3.82. The van der Waals surface area contributed by atoms with Crippen molar-refractivity contribution in [2.75, 3.05) is 6.61 Å². The summed E-state index contributed by atoms with van der Waals surface area (Å²) in [5.41, 5.74) is 4.23. The molecule has 0 saturated carbocycles. The second-order valence-corrected chi connectivity index (χ2v) is 6.42. The first-order valence-corrected chi connectivity index (χ1v) is 6.90. The number of benzene rings is 1. The summed E-state index contributed by atoms with van der Waals surface area (Å²) >= 11 is 0. The molecule has 1 fully saturated rings. The first kappa shape index (κ1) is 12.2. The molecule has 1 saturated heterocycles. The van der Waals surface area contributed by atoms with Crippen molar-refractivity contribution >= 4 is 0 Å². The highest BCUT2D eigenvalue weighted by Crippen LogP contribution is 2.60. The topological polar surface area (TPSA) is 29.5 Å². The Morgan fingerprint density at radius 3 is 2.72 bits per heavy atom. The van der Waals surface area contributed by atoms with Crippen LogP contribution in [0, 0.1) is 0 Å². The van der Waals surface area contributed by atoms with E-state index < -0.39 is 0 Å². The monoisotopic (exact) mass is 246 g/mol. The molecule has 1 N–H and O–H groups in total. The van der Waals surface area contributed by atoms with Crippen molar-refractivity contribution in [2.45, 2.75) is 57.2 Å². The maximum Gasteiger partial charge on any atom is 0.0863 e. The number of aliphatic hydroxyl groups is 1. The van der Waals surface area contributed by atoms with Gasteiger partial charge in [-0.2, -0.15) is 0 Å². The van der Waals surface area contributed by atoms with Gasteiger partial charge in [-0.25, -0.2) is 0 Å². The molecular formula is C16H22O2. The SMILES string of the molecule is CC12CC(O1)c1ccc(CCCO)cc1C2(C)C. The van der Waals surface area contributed by atoms with Crippen molar-refractivity contribution in [1.82, 2.24) is 0 Å². The maximum absolute atomic E-state index is 8.94. The molecule has 2 nitrogen and oxygen atoms in total. The molecule has 2 heterocycles. The van der Waals surface area contributed by atoms with Crippen LogP contribution in [-0.2, 0) is 16.6 Å². The van der Waals surface area contributed by atoms with Gasteiger partial charge < -0.3 is 9.84 Å². The van der Waals surface area contributed by atoms with Crippen LogP contribution in [-0.4, -0.2) is 17.3 Å². The minimum Gasteiger partial charge on any atom is -0.396 e. The summed E-state index contributed by atoms with van der Waals surface area (Å²) in [5.74, 6) is 0. The van der Waals surface area contributed by atoms with Gasteiger partial charge in [-0.1, -0.05) is 32.0 Å². The van der Waals surface area contributed by atoms with Crippen LogP contribution in [0.5, 0.6) is 0 Å². The predicted molar refractivity (Wildman–Crippen MR) is 71.7 cm³/mol. The van der Waals surface area contributed by atoms with Crippen LogP contribution < -0.4 is 0 Å². The third-order valence-corrected chi connectivity index (χ3v) is 5.06. The van der Waals surface area contributed by atoms with E-state index in [-0.39, 0.29) is 17.6 Å². The zero-order chi connectivity index (χ0) is 13.0. The lowest BCUT2D eigenvalue weighted by atomic mass is 9.58. The lowest BCUT2D eigenvalue weighted by molar-refractivity contribution is -0.244. The normalized spacial score (nSPS) is 31.7. The molecule has 0 radical (unpaired) electrons. The molecule has 4 rings (SSSR count). The van der Waals surface area contributed by atoms with Crippen molar-refractivity contribution in [3.63, 3.8) is 0 Å². The number of hydrogen-bond donors (Lipinski definition) is 1. The van der Waals surface area contributed by atoms with Crippen molar-refractivity contribution in [3.05, 3.63) is 34.9 Å². The summed E-state index contributed by atoms with van der Waals surface area (Å²) in [5, 5.41) is 8.94. The number of hydrogen-bond acceptors (Lipinski definition) is 2. The van der Waals surface area contributed by atoms with Crippen molar-refractivity contribution in [3.8, 4) is 0 Å². The van der Waals surface area contributed by atoms with Crippen molar-refractivity contribution in [2.24, 2.45) is 0 Å². The molecule has 2 heteroatoms. The summed E-state index contributed by atoms with van der Waals surface area (Å²) in [7, 11) is 0. The summed E-state index contributed by atoms with van der Waals surface area (Å²) in [6, 6.07) is 6.75. The highest BCUT2D eigenvalue weighted by molar-refractivity contribution is 5.46. The van der Waals surface area contributed by atoms with E-state index in [2.05, 4.69) is 39.0 Å². The van der Waals surface area contributed by atoms with Crippen molar-refractivity contribution in [1.29, 1.82) is 0 Å². The zero-order valence-electron chi connectivity index (χ0n) is 11.5. The van der Waals surface area contributed by atoms with E-state index in [1.807, 2.05) is 0 Å². The molecule has 3 aliphatic rings. The van der Waals surface area contributed by atoms with E-state index >= 15 is 0 Å². The van der Waals surface area contributed by atoms with Gasteiger partial charge in [-0.3, -0.25) is 0 Å². The zero-order valence-corrected chi connectivity index (χ0v) is 11.5. The Hall–Kier alpha value is -0.860. The van der Waals surface area contributed by atoms with Crippen LogP contribution in [0.4, 0.5) is 0 Å². The average Bonchev–Trinajstić information content (AvgIpc) is 2.30. The molecule has 0 amide bonds. The molecule has 18 heavy (non-hydrogen) atoms. The molecule has 1 aromatic rings. The molecular weight excluding hydrogens is 224 g/mol. The van der Waals surface area contributed by atoms with E-state index in [0.29, 0.717) is 6.10 Å². The van der Waals surface area contributed by atoms with Crippen LogP contribution in [0.3, 0.4) is 0 Å². The van der Waals surface area contributed by atoms with E-state index in [1.54, 1.807) is 0 Å². The molecule has 2 atom stereocenters. The smallest absolute Gasteiger partial charge is 0.0863 e. The molecule has 2 aliphatic heterocycles. The molecule has 1 aromatic carbocycles. The van der Waals surface area contributed by atoms with E-state index in [9.17, 15) is 0 Å². The molecule has 0 spiro atoms. The minimum atomic E-state index is 0.000266. The highest BCUT2D eigenvalue weighted by atomic mass is 16.5. The summed E-state index contributed by atoms with van der Waals surface area (Å²) in [4.78, 5) is 0. The van der Waals surface area contributed by atoms with E-state index in [1.165, 1.54) is 16.7 Å². The van der Waals surface area contributed by atoms with Crippen LogP contribution in [0.2, 0.25) is 0 Å². The Bertz CT molecular complexity index is 470. The van der Waals surface area contributed by atoms with Crippen LogP contribution in [0.15, 0.2) is 18.2 Å². The van der Waals surface area contributed by atoms with Gasteiger partial charge in [0, 0.05) is 18.4 Å². The Morgan fingerprint density at radius 2 is 2.06 bits per heavy atom.